The van der Waals surface area contributed by atoms with Crippen molar-refractivity contribution in [2.24, 2.45) is 0 Å². The lowest BCUT2D eigenvalue weighted by atomic mass is 9.91. The number of hydrogen-bond acceptors (Lipinski definition) is 5. The smallest absolute Gasteiger partial charge is 0.333 e. The summed E-state index contributed by atoms with van der Waals surface area (Å²) in [7, 11) is 0. The molecule has 0 spiro atoms. The van der Waals surface area contributed by atoms with Crippen molar-refractivity contribution in [3.8, 4) is 11.5 Å². The molecule has 3 rings (SSSR count). The number of aliphatic carboxylic acids is 1. The van der Waals surface area contributed by atoms with E-state index in [0.717, 1.165) is 35.3 Å². The number of carboxylic acid groups (broad SMARTS) is 1. The number of hydrogen-bond donors (Lipinski definition) is 1. The van der Waals surface area contributed by atoms with Crippen molar-refractivity contribution < 1.29 is 28.9 Å². The van der Waals surface area contributed by atoms with Crippen molar-refractivity contribution in [3.05, 3.63) is 95.6 Å². The number of carbonyl (C=O) groups excluding carboxylic acids is 1. The summed E-state index contributed by atoms with van der Waals surface area (Å²) in [6, 6.07) is 25.1. The molecule has 0 fully saturated rings. The number of ether oxygens (including phenoxy) is 3. The largest absolute Gasteiger partial charge is 0.489 e. The molecule has 0 bridgehead atoms. The zero-order chi connectivity index (χ0) is 28.7. The molecule has 0 heterocycles. The number of unbranched alkanes of at least 4 members (excludes halogenated alkanes) is 1. The predicted octanol–water partition coefficient (Wildman–Crippen LogP) is 6.46. The Bertz CT molecular complexity index is 1160. The summed E-state index contributed by atoms with van der Waals surface area (Å²) in [6.45, 7) is 7.74. The predicted molar refractivity (Wildman–Crippen MR) is 156 cm³/mol. The van der Waals surface area contributed by atoms with Gasteiger partial charge in [0.1, 0.15) is 18.1 Å². The van der Waals surface area contributed by atoms with Crippen LogP contribution in [0.15, 0.2) is 78.9 Å². The van der Waals surface area contributed by atoms with E-state index < -0.39 is 12.1 Å². The van der Waals surface area contributed by atoms with E-state index in [1.807, 2.05) is 78.6 Å². The van der Waals surface area contributed by atoms with Crippen LogP contribution in [0.5, 0.6) is 11.5 Å². The second kappa shape index (κ2) is 16.3. The summed E-state index contributed by atoms with van der Waals surface area (Å²) < 4.78 is 17.2. The third kappa shape index (κ3) is 9.42. The second-order valence-corrected chi connectivity index (χ2v) is 9.67. The molecule has 3 aromatic rings. The maximum absolute atomic E-state index is 13.1. The van der Waals surface area contributed by atoms with E-state index in [1.165, 1.54) is 0 Å². The number of amides is 1. The SMILES string of the molecule is CCCCN(Cc1ccc(OCc2ccccc2)cc1)C(=O)COc1ccc(C(CC)[C@H](OCC)C(=O)O)cc1. The van der Waals surface area contributed by atoms with Crippen LogP contribution in [0.1, 0.15) is 62.6 Å². The Kier molecular flexibility index (Phi) is 12.5. The quantitative estimate of drug-likeness (QED) is 0.209. The Balaban J connectivity index is 1.57. The minimum atomic E-state index is -0.971. The fraction of sp³-hybridized carbons (Fsp3) is 0.394. The van der Waals surface area contributed by atoms with Crippen LogP contribution in [-0.2, 0) is 27.5 Å². The van der Waals surface area contributed by atoms with Crippen molar-refractivity contribution in [1.29, 1.82) is 0 Å². The van der Waals surface area contributed by atoms with Gasteiger partial charge >= 0.3 is 5.97 Å². The lowest BCUT2D eigenvalue weighted by molar-refractivity contribution is -0.151. The van der Waals surface area contributed by atoms with Gasteiger partial charge in [0.15, 0.2) is 12.7 Å². The van der Waals surface area contributed by atoms with Crippen molar-refractivity contribution >= 4 is 11.9 Å². The molecular formula is C33H41NO6. The highest BCUT2D eigenvalue weighted by atomic mass is 16.5. The van der Waals surface area contributed by atoms with Crippen molar-refractivity contribution in [2.75, 3.05) is 19.8 Å². The van der Waals surface area contributed by atoms with E-state index in [4.69, 9.17) is 14.2 Å². The molecule has 3 aromatic carbocycles. The van der Waals surface area contributed by atoms with E-state index >= 15 is 0 Å². The van der Waals surface area contributed by atoms with E-state index in [9.17, 15) is 14.7 Å². The number of carbonyl (C=O) groups is 2. The summed E-state index contributed by atoms with van der Waals surface area (Å²) in [6.07, 6.45) is 1.61. The monoisotopic (exact) mass is 547 g/mol. The molecule has 0 radical (unpaired) electrons. The highest BCUT2D eigenvalue weighted by Gasteiger charge is 2.28. The highest BCUT2D eigenvalue weighted by Crippen LogP contribution is 2.28. The fourth-order valence-corrected chi connectivity index (χ4v) is 4.50. The molecular weight excluding hydrogens is 506 g/mol. The molecule has 2 atom stereocenters. The maximum atomic E-state index is 13.1. The molecule has 0 saturated heterocycles. The average Bonchev–Trinajstić information content (AvgIpc) is 2.98. The molecule has 0 aliphatic carbocycles. The summed E-state index contributed by atoms with van der Waals surface area (Å²) in [5, 5.41) is 9.57. The molecule has 1 amide bonds. The van der Waals surface area contributed by atoms with Crippen LogP contribution >= 0.6 is 0 Å². The topological polar surface area (TPSA) is 85.3 Å². The zero-order valence-electron chi connectivity index (χ0n) is 23.8. The van der Waals surface area contributed by atoms with Crippen molar-refractivity contribution in [2.45, 2.75) is 65.2 Å². The first-order valence-corrected chi connectivity index (χ1v) is 14.1. The lowest BCUT2D eigenvalue weighted by Gasteiger charge is -2.24. The van der Waals surface area contributed by atoms with Crippen LogP contribution in [-0.4, -0.2) is 47.7 Å². The van der Waals surface area contributed by atoms with E-state index in [2.05, 4.69) is 6.92 Å². The summed E-state index contributed by atoms with van der Waals surface area (Å²) in [5.74, 6) is 0.0160. The van der Waals surface area contributed by atoms with Gasteiger partial charge in [-0.05, 0) is 60.7 Å². The van der Waals surface area contributed by atoms with Gasteiger partial charge in [-0.2, -0.15) is 0 Å². The van der Waals surface area contributed by atoms with Crippen LogP contribution in [0, 0.1) is 0 Å². The van der Waals surface area contributed by atoms with Gasteiger partial charge in [0, 0.05) is 25.6 Å². The molecule has 214 valence electrons. The number of rotatable bonds is 17. The Labute approximate surface area is 237 Å². The average molecular weight is 548 g/mol. The Morgan fingerprint density at radius 1 is 0.825 bits per heavy atom. The van der Waals surface area contributed by atoms with Gasteiger partial charge < -0.3 is 24.2 Å². The second-order valence-electron chi connectivity index (χ2n) is 9.67. The van der Waals surface area contributed by atoms with Gasteiger partial charge in [0.25, 0.3) is 5.91 Å². The summed E-state index contributed by atoms with van der Waals surface area (Å²) in [5.41, 5.74) is 2.99. The molecule has 7 nitrogen and oxygen atoms in total. The van der Waals surface area contributed by atoms with E-state index in [1.54, 1.807) is 19.1 Å². The number of nitrogens with zero attached hydrogens (tertiary/aromatic N) is 1. The normalized spacial score (nSPS) is 12.4. The highest BCUT2D eigenvalue weighted by molar-refractivity contribution is 5.77. The number of benzene rings is 3. The van der Waals surface area contributed by atoms with Crippen LogP contribution in [0.25, 0.3) is 0 Å². The molecule has 1 unspecified atom stereocenters. The van der Waals surface area contributed by atoms with Gasteiger partial charge in [0.2, 0.25) is 0 Å². The first-order valence-electron chi connectivity index (χ1n) is 14.1. The molecule has 1 N–H and O–H groups in total. The van der Waals surface area contributed by atoms with Gasteiger partial charge in [0.05, 0.1) is 0 Å². The van der Waals surface area contributed by atoms with Crippen LogP contribution in [0.2, 0.25) is 0 Å². The standard InChI is InChI=1S/C33H41NO6/c1-4-7-21-34(22-25-13-17-28(18-14-25)39-23-26-11-9-8-10-12-26)31(35)24-40-29-19-15-27(16-20-29)30(5-2)32(33(36)37)38-6-3/h8-20,30,32H,4-7,21-24H2,1-3H3,(H,36,37)/t30?,32-/m0/s1. The van der Waals surface area contributed by atoms with Crippen LogP contribution < -0.4 is 9.47 Å². The summed E-state index contributed by atoms with van der Waals surface area (Å²) in [4.78, 5) is 26.6. The third-order valence-electron chi connectivity index (χ3n) is 6.74. The first kappa shape index (κ1) is 30.7. The van der Waals surface area contributed by atoms with Crippen molar-refractivity contribution in [3.63, 3.8) is 0 Å². The minimum absolute atomic E-state index is 0.0742. The summed E-state index contributed by atoms with van der Waals surface area (Å²) >= 11 is 0. The molecule has 0 aliphatic heterocycles. The van der Waals surface area contributed by atoms with Gasteiger partial charge in [-0.1, -0.05) is 74.9 Å². The molecule has 0 aliphatic rings. The number of carboxylic acids is 1. The molecule has 0 saturated carbocycles. The molecule has 7 heteroatoms. The fourth-order valence-electron chi connectivity index (χ4n) is 4.50. The lowest BCUT2D eigenvalue weighted by Crippen LogP contribution is -2.35. The zero-order valence-corrected chi connectivity index (χ0v) is 23.8. The van der Waals surface area contributed by atoms with Crippen molar-refractivity contribution in [1.82, 2.24) is 4.90 Å². The first-order chi connectivity index (χ1) is 19.4. The van der Waals surface area contributed by atoms with Crippen LogP contribution in [0.3, 0.4) is 0 Å². The van der Waals surface area contributed by atoms with Gasteiger partial charge in [-0.25, -0.2) is 4.79 Å². The Hall–Kier alpha value is -3.84. The van der Waals surface area contributed by atoms with Crippen LogP contribution in [0.4, 0.5) is 0 Å². The minimum Gasteiger partial charge on any atom is -0.489 e. The third-order valence-corrected chi connectivity index (χ3v) is 6.74. The molecule has 0 aromatic heterocycles. The van der Waals surface area contributed by atoms with Gasteiger partial charge in [-0.3, -0.25) is 4.79 Å². The maximum Gasteiger partial charge on any atom is 0.333 e. The molecule has 40 heavy (non-hydrogen) atoms. The van der Waals surface area contributed by atoms with Gasteiger partial charge in [-0.15, -0.1) is 0 Å². The van der Waals surface area contributed by atoms with E-state index in [0.29, 0.717) is 38.5 Å². The Morgan fingerprint density at radius 3 is 2.08 bits per heavy atom. The Morgan fingerprint density at radius 2 is 1.48 bits per heavy atom. The van der Waals surface area contributed by atoms with E-state index in [-0.39, 0.29) is 18.4 Å².